The van der Waals surface area contributed by atoms with Gasteiger partial charge in [0.15, 0.2) is 5.96 Å². The topological polar surface area (TPSA) is 48.9 Å². The summed E-state index contributed by atoms with van der Waals surface area (Å²) in [5.41, 5.74) is 1.24. The summed E-state index contributed by atoms with van der Waals surface area (Å²) in [7, 11) is 4.17. The van der Waals surface area contributed by atoms with Crippen molar-refractivity contribution in [3.05, 3.63) is 29.8 Å². The van der Waals surface area contributed by atoms with Crippen molar-refractivity contribution in [3.8, 4) is 5.75 Å². The average Bonchev–Trinajstić information content (AvgIpc) is 2.73. The first-order valence-corrected chi connectivity index (χ1v) is 11.7. The number of aliphatic imine (C=N–C) groups is 1. The summed E-state index contributed by atoms with van der Waals surface area (Å²) in [6.45, 7) is 0.765. The lowest BCUT2D eigenvalue weighted by Gasteiger charge is -2.47. The number of guanidine groups is 1. The molecular formula is C24H38N4O. The Morgan fingerprint density at radius 2 is 1.83 bits per heavy atom. The van der Waals surface area contributed by atoms with Crippen molar-refractivity contribution in [3.63, 3.8) is 0 Å². The van der Waals surface area contributed by atoms with Crippen LogP contribution in [0.2, 0.25) is 0 Å². The van der Waals surface area contributed by atoms with Crippen LogP contribution in [0.3, 0.4) is 0 Å². The molecule has 160 valence electrons. The highest BCUT2D eigenvalue weighted by atomic mass is 16.5. The van der Waals surface area contributed by atoms with E-state index in [9.17, 15) is 0 Å². The van der Waals surface area contributed by atoms with E-state index in [1.54, 1.807) is 0 Å². The van der Waals surface area contributed by atoms with E-state index in [-0.39, 0.29) is 0 Å². The van der Waals surface area contributed by atoms with Gasteiger partial charge in [-0.1, -0.05) is 25.0 Å². The van der Waals surface area contributed by atoms with Crippen LogP contribution in [-0.4, -0.2) is 49.2 Å². The summed E-state index contributed by atoms with van der Waals surface area (Å²) in [6.07, 6.45) is 13.2. The number of nitrogens with zero attached hydrogens (tertiary/aromatic N) is 2. The van der Waals surface area contributed by atoms with Crippen LogP contribution in [0.5, 0.6) is 5.75 Å². The SMILES string of the molecule is CN=C(NCc1cccc(OC2CCCCC2)c1)NC1CC2CCCC(C1)N2C. The third-order valence-electron chi connectivity index (χ3n) is 7.12. The van der Waals surface area contributed by atoms with Gasteiger partial charge in [0.05, 0.1) is 6.10 Å². The van der Waals surface area contributed by atoms with Crippen molar-refractivity contribution < 1.29 is 4.74 Å². The molecule has 0 aromatic heterocycles. The summed E-state index contributed by atoms with van der Waals surface area (Å²) in [5.74, 6) is 1.92. The summed E-state index contributed by atoms with van der Waals surface area (Å²) >= 11 is 0. The lowest BCUT2D eigenvalue weighted by molar-refractivity contribution is 0.0526. The van der Waals surface area contributed by atoms with E-state index in [4.69, 9.17) is 4.74 Å². The molecule has 5 heteroatoms. The zero-order chi connectivity index (χ0) is 20.1. The highest BCUT2D eigenvalue weighted by Crippen LogP contribution is 2.32. The number of hydrogen-bond acceptors (Lipinski definition) is 3. The molecule has 5 nitrogen and oxygen atoms in total. The van der Waals surface area contributed by atoms with Crippen LogP contribution in [-0.2, 0) is 6.54 Å². The van der Waals surface area contributed by atoms with E-state index in [1.807, 2.05) is 7.05 Å². The van der Waals surface area contributed by atoms with Gasteiger partial charge >= 0.3 is 0 Å². The van der Waals surface area contributed by atoms with Crippen molar-refractivity contribution >= 4 is 5.96 Å². The maximum atomic E-state index is 6.22. The number of ether oxygens (including phenoxy) is 1. The molecule has 2 bridgehead atoms. The predicted molar refractivity (Wildman–Crippen MR) is 119 cm³/mol. The Morgan fingerprint density at radius 1 is 1.07 bits per heavy atom. The van der Waals surface area contributed by atoms with Gasteiger partial charge in [0.2, 0.25) is 0 Å². The van der Waals surface area contributed by atoms with Gasteiger partial charge in [-0.15, -0.1) is 0 Å². The molecule has 2 saturated heterocycles. The monoisotopic (exact) mass is 398 g/mol. The summed E-state index contributed by atoms with van der Waals surface area (Å²) in [6, 6.07) is 10.5. The van der Waals surface area contributed by atoms with Gasteiger partial charge in [0.1, 0.15) is 5.75 Å². The fourth-order valence-electron chi connectivity index (χ4n) is 5.41. The minimum Gasteiger partial charge on any atom is -0.490 e. The first-order chi connectivity index (χ1) is 14.2. The van der Waals surface area contributed by atoms with E-state index in [2.05, 4.69) is 51.8 Å². The van der Waals surface area contributed by atoms with Crippen LogP contribution in [0.1, 0.15) is 69.8 Å². The molecule has 0 amide bonds. The van der Waals surface area contributed by atoms with E-state index in [0.29, 0.717) is 12.1 Å². The Bertz CT molecular complexity index is 671. The van der Waals surface area contributed by atoms with Crippen LogP contribution in [0, 0.1) is 0 Å². The van der Waals surface area contributed by atoms with Gasteiger partial charge in [-0.05, 0) is 76.1 Å². The third kappa shape index (κ3) is 5.44. The highest BCUT2D eigenvalue weighted by Gasteiger charge is 2.36. The van der Waals surface area contributed by atoms with Gasteiger partial charge < -0.3 is 20.3 Å². The van der Waals surface area contributed by atoms with E-state index < -0.39 is 0 Å². The lowest BCUT2D eigenvalue weighted by atomic mass is 9.82. The fraction of sp³-hybridized carbons (Fsp3) is 0.708. The van der Waals surface area contributed by atoms with Crippen LogP contribution in [0.15, 0.2) is 29.3 Å². The maximum Gasteiger partial charge on any atom is 0.191 e. The molecule has 3 aliphatic rings. The molecule has 3 fully saturated rings. The van der Waals surface area contributed by atoms with E-state index in [1.165, 1.54) is 69.8 Å². The largest absolute Gasteiger partial charge is 0.490 e. The zero-order valence-electron chi connectivity index (χ0n) is 18.2. The summed E-state index contributed by atoms with van der Waals surface area (Å²) in [4.78, 5) is 7.08. The van der Waals surface area contributed by atoms with Crippen molar-refractivity contribution in [2.45, 2.75) is 95.0 Å². The second-order valence-electron chi connectivity index (χ2n) is 9.17. The number of hydrogen-bond donors (Lipinski definition) is 2. The lowest BCUT2D eigenvalue weighted by Crippen LogP contribution is -2.56. The number of nitrogens with one attached hydrogen (secondary N) is 2. The smallest absolute Gasteiger partial charge is 0.191 e. The van der Waals surface area contributed by atoms with E-state index in [0.717, 1.165) is 30.3 Å². The number of piperidine rings is 2. The van der Waals surface area contributed by atoms with E-state index >= 15 is 0 Å². The molecule has 1 aromatic rings. The molecule has 0 radical (unpaired) electrons. The number of rotatable bonds is 5. The quantitative estimate of drug-likeness (QED) is 0.580. The minimum absolute atomic E-state index is 0.394. The first-order valence-electron chi connectivity index (χ1n) is 11.7. The molecule has 1 aromatic carbocycles. The number of fused-ring (bicyclic) bond motifs is 2. The third-order valence-corrected chi connectivity index (χ3v) is 7.12. The molecule has 2 heterocycles. The molecule has 1 saturated carbocycles. The molecular weight excluding hydrogens is 360 g/mol. The molecule has 1 aliphatic carbocycles. The van der Waals surface area contributed by atoms with Crippen molar-refractivity contribution in [2.75, 3.05) is 14.1 Å². The van der Waals surface area contributed by atoms with Gasteiger partial charge in [-0.25, -0.2) is 0 Å². The van der Waals surface area contributed by atoms with Gasteiger partial charge in [-0.3, -0.25) is 4.99 Å². The normalized spacial score (nSPS) is 28.8. The van der Waals surface area contributed by atoms with Crippen molar-refractivity contribution in [1.29, 1.82) is 0 Å². The molecule has 2 aliphatic heterocycles. The minimum atomic E-state index is 0.394. The summed E-state index contributed by atoms with van der Waals surface area (Å²) in [5, 5.41) is 7.20. The standard InChI is InChI=1S/C24H38N4O/c1-25-24(27-19-15-20-9-7-10-21(16-19)28(20)2)26-17-18-8-6-13-23(14-18)29-22-11-4-3-5-12-22/h6,8,13-14,19-22H,3-5,7,9-12,15-17H2,1-2H3,(H2,25,26,27). The van der Waals surface area contributed by atoms with Crippen molar-refractivity contribution in [1.82, 2.24) is 15.5 Å². The Hall–Kier alpha value is -1.75. The summed E-state index contributed by atoms with van der Waals surface area (Å²) < 4.78 is 6.22. The Kier molecular flexibility index (Phi) is 6.96. The van der Waals surface area contributed by atoms with Gasteiger partial charge in [0.25, 0.3) is 0 Å². The second-order valence-corrected chi connectivity index (χ2v) is 9.17. The number of benzene rings is 1. The van der Waals surface area contributed by atoms with Gasteiger partial charge in [-0.2, -0.15) is 0 Å². The molecule has 2 atom stereocenters. The van der Waals surface area contributed by atoms with Crippen LogP contribution in [0.25, 0.3) is 0 Å². The fourth-order valence-corrected chi connectivity index (χ4v) is 5.41. The predicted octanol–water partition coefficient (Wildman–Crippen LogP) is 4.08. The molecule has 0 spiro atoms. The van der Waals surface area contributed by atoms with Crippen molar-refractivity contribution in [2.24, 2.45) is 4.99 Å². The van der Waals surface area contributed by atoms with Crippen LogP contribution < -0.4 is 15.4 Å². The molecule has 29 heavy (non-hydrogen) atoms. The Labute approximate surface area is 176 Å². The maximum absolute atomic E-state index is 6.22. The van der Waals surface area contributed by atoms with Crippen LogP contribution >= 0.6 is 0 Å². The molecule has 2 N–H and O–H groups in total. The highest BCUT2D eigenvalue weighted by molar-refractivity contribution is 5.80. The average molecular weight is 399 g/mol. The van der Waals surface area contributed by atoms with Gasteiger partial charge in [0, 0.05) is 31.7 Å². The second kappa shape index (κ2) is 9.84. The zero-order valence-corrected chi connectivity index (χ0v) is 18.2. The Balaban J connectivity index is 1.28. The molecule has 2 unspecified atom stereocenters. The molecule has 4 rings (SSSR count). The Morgan fingerprint density at radius 3 is 2.55 bits per heavy atom. The first kappa shape index (κ1) is 20.5. The van der Waals surface area contributed by atoms with Crippen LogP contribution in [0.4, 0.5) is 0 Å².